The number of carbonyl (C=O) groups is 1. The Morgan fingerprint density at radius 3 is 2.18 bits per heavy atom. The lowest BCUT2D eigenvalue weighted by molar-refractivity contribution is 0.0842. The third-order valence-corrected chi connectivity index (χ3v) is 6.03. The Hall–Kier alpha value is -3.56. The minimum atomic E-state index is -0.650. The molecule has 0 aliphatic carbocycles. The monoisotopic (exact) mass is 448 g/mol. The molecular weight excluding hydrogens is 420 g/mol. The van der Waals surface area contributed by atoms with Crippen LogP contribution in [0, 0.1) is 0 Å². The molecule has 2 aromatic heterocycles. The van der Waals surface area contributed by atoms with Crippen molar-refractivity contribution in [3.8, 4) is 0 Å². The molecule has 1 aromatic carbocycles. The Bertz CT molecular complexity index is 1230. The average Bonchev–Trinajstić information content (AvgIpc) is 2.83. The van der Waals surface area contributed by atoms with Crippen LogP contribution >= 0.6 is 0 Å². The largest absolute Gasteiger partial charge is 0.384 e. The van der Waals surface area contributed by atoms with Gasteiger partial charge in [-0.1, -0.05) is 30.3 Å². The Morgan fingerprint density at radius 1 is 0.909 bits per heavy atom. The highest BCUT2D eigenvalue weighted by Gasteiger charge is 2.25. The number of rotatable bonds is 7. The summed E-state index contributed by atoms with van der Waals surface area (Å²) in [7, 11) is 1.38. The minimum absolute atomic E-state index is 0.0757. The minimum Gasteiger partial charge on any atom is -0.384 e. The van der Waals surface area contributed by atoms with Gasteiger partial charge in [-0.3, -0.25) is 33.5 Å². The van der Waals surface area contributed by atoms with Crippen molar-refractivity contribution in [3.63, 3.8) is 0 Å². The first kappa shape index (κ1) is 22.6. The second-order valence-electron chi connectivity index (χ2n) is 8.31. The number of nitrogens with zero attached hydrogens (tertiary/aromatic N) is 5. The van der Waals surface area contributed by atoms with Gasteiger partial charge < -0.3 is 5.73 Å². The number of piperazine rings is 1. The molecule has 3 aromatic rings. The molecule has 9 heteroatoms. The van der Waals surface area contributed by atoms with Crippen LogP contribution in [0.5, 0.6) is 0 Å². The van der Waals surface area contributed by atoms with Gasteiger partial charge in [0.15, 0.2) is 5.78 Å². The number of carbonyl (C=O) groups excluding carboxylic acids is 1. The molecule has 0 spiro atoms. The highest BCUT2D eigenvalue weighted by atomic mass is 16.2. The third-order valence-electron chi connectivity index (χ3n) is 6.03. The van der Waals surface area contributed by atoms with Gasteiger partial charge in [-0.25, -0.2) is 4.79 Å². The molecule has 0 saturated carbocycles. The molecule has 0 bridgehead atoms. The average molecular weight is 449 g/mol. The number of hydrogen-bond donors (Lipinski definition) is 1. The summed E-state index contributed by atoms with van der Waals surface area (Å²) in [5.41, 5.74) is 6.96. The predicted octanol–water partition coefficient (Wildman–Crippen LogP) is 0.573. The van der Waals surface area contributed by atoms with Gasteiger partial charge in [0, 0.05) is 52.2 Å². The summed E-state index contributed by atoms with van der Waals surface area (Å²) in [4.78, 5) is 47.0. The van der Waals surface area contributed by atoms with Crippen LogP contribution in [0.1, 0.15) is 21.5 Å². The summed E-state index contributed by atoms with van der Waals surface area (Å²) in [6.07, 6.45) is 3.57. The van der Waals surface area contributed by atoms with Gasteiger partial charge in [0.05, 0.1) is 13.1 Å². The van der Waals surface area contributed by atoms with Gasteiger partial charge in [0.1, 0.15) is 11.4 Å². The normalized spacial score (nSPS) is 14.9. The molecular formula is C24H28N6O3. The van der Waals surface area contributed by atoms with E-state index in [4.69, 9.17) is 5.73 Å². The van der Waals surface area contributed by atoms with Crippen molar-refractivity contribution in [2.24, 2.45) is 7.05 Å². The van der Waals surface area contributed by atoms with Crippen molar-refractivity contribution < 1.29 is 4.79 Å². The Kier molecular flexibility index (Phi) is 6.81. The number of aromatic nitrogens is 3. The van der Waals surface area contributed by atoms with Crippen molar-refractivity contribution in [3.05, 3.63) is 92.4 Å². The smallest absolute Gasteiger partial charge is 0.332 e. The van der Waals surface area contributed by atoms with Crippen LogP contribution in [0.3, 0.4) is 0 Å². The van der Waals surface area contributed by atoms with Gasteiger partial charge in [0.25, 0.3) is 5.56 Å². The molecule has 2 N–H and O–H groups in total. The number of nitrogens with two attached hydrogens (primary N) is 1. The number of hydrogen-bond acceptors (Lipinski definition) is 7. The summed E-state index contributed by atoms with van der Waals surface area (Å²) in [6.45, 7) is 4.16. The molecule has 172 valence electrons. The number of benzene rings is 1. The molecule has 0 unspecified atom stereocenters. The predicted molar refractivity (Wildman–Crippen MR) is 126 cm³/mol. The lowest BCUT2D eigenvalue weighted by Crippen LogP contribution is -2.49. The summed E-state index contributed by atoms with van der Waals surface area (Å²) in [5, 5.41) is 0. The first-order valence-corrected chi connectivity index (χ1v) is 10.9. The van der Waals surface area contributed by atoms with E-state index in [1.54, 1.807) is 12.4 Å². The Morgan fingerprint density at radius 2 is 1.52 bits per heavy atom. The molecule has 1 aliphatic rings. The Labute approximate surface area is 191 Å². The number of nitrogen functional groups attached to an aromatic ring is 1. The van der Waals surface area contributed by atoms with Gasteiger partial charge >= 0.3 is 5.69 Å². The van der Waals surface area contributed by atoms with E-state index in [0.717, 1.165) is 29.8 Å². The van der Waals surface area contributed by atoms with Crippen LogP contribution in [0.4, 0.5) is 5.82 Å². The van der Waals surface area contributed by atoms with E-state index in [0.29, 0.717) is 13.1 Å². The highest BCUT2D eigenvalue weighted by molar-refractivity contribution is 6.01. The van der Waals surface area contributed by atoms with Crippen molar-refractivity contribution >= 4 is 11.6 Å². The molecule has 1 fully saturated rings. The number of Topliss-reactive ketones (excluding diaryl/α,β-unsaturated/α-hetero) is 1. The fourth-order valence-electron chi connectivity index (χ4n) is 4.10. The van der Waals surface area contributed by atoms with E-state index < -0.39 is 11.2 Å². The molecule has 9 nitrogen and oxygen atoms in total. The van der Waals surface area contributed by atoms with Gasteiger partial charge in [-0.2, -0.15) is 0 Å². The van der Waals surface area contributed by atoms with Crippen LogP contribution < -0.4 is 17.0 Å². The zero-order valence-electron chi connectivity index (χ0n) is 18.7. The van der Waals surface area contributed by atoms with Crippen LogP contribution in [0.25, 0.3) is 0 Å². The van der Waals surface area contributed by atoms with Crippen LogP contribution in [0.15, 0.2) is 64.4 Å². The summed E-state index contributed by atoms with van der Waals surface area (Å²) < 4.78 is 2.25. The molecule has 4 rings (SSSR count). The zero-order chi connectivity index (χ0) is 23.4. The topological polar surface area (TPSA) is 106 Å². The van der Waals surface area contributed by atoms with Gasteiger partial charge in [-0.05, 0) is 23.3 Å². The molecule has 0 atom stereocenters. The van der Waals surface area contributed by atoms with E-state index in [1.807, 2.05) is 47.4 Å². The van der Waals surface area contributed by atoms with Crippen LogP contribution in [-0.4, -0.2) is 62.4 Å². The zero-order valence-corrected chi connectivity index (χ0v) is 18.7. The highest BCUT2D eigenvalue weighted by Crippen LogP contribution is 2.12. The Balaban J connectivity index is 1.47. The van der Waals surface area contributed by atoms with Crippen molar-refractivity contribution in [2.75, 3.05) is 38.5 Å². The molecule has 3 heterocycles. The maximum Gasteiger partial charge on any atom is 0.332 e. The van der Waals surface area contributed by atoms with Crippen molar-refractivity contribution in [1.29, 1.82) is 0 Å². The third kappa shape index (κ3) is 5.10. The summed E-state index contributed by atoms with van der Waals surface area (Å²) in [6, 6.07) is 13.3. The second-order valence-corrected chi connectivity index (χ2v) is 8.31. The van der Waals surface area contributed by atoms with Crippen molar-refractivity contribution in [2.45, 2.75) is 13.1 Å². The first-order chi connectivity index (χ1) is 15.9. The van der Waals surface area contributed by atoms with Crippen LogP contribution in [0.2, 0.25) is 0 Å². The second kappa shape index (κ2) is 9.93. The van der Waals surface area contributed by atoms with Crippen molar-refractivity contribution in [1.82, 2.24) is 23.9 Å². The lowest BCUT2D eigenvalue weighted by atomic mass is 10.1. The maximum absolute atomic E-state index is 13.1. The van der Waals surface area contributed by atoms with E-state index in [-0.39, 0.29) is 30.3 Å². The molecule has 0 radical (unpaired) electrons. The quantitative estimate of drug-likeness (QED) is 0.527. The molecule has 33 heavy (non-hydrogen) atoms. The fourth-order valence-corrected chi connectivity index (χ4v) is 4.10. The van der Waals surface area contributed by atoms with Gasteiger partial charge in [-0.15, -0.1) is 0 Å². The number of ketones is 1. The molecule has 0 amide bonds. The van der Waals surface area contributed by atoms with Gasteiger partial charge in [0.2, 0.25) is 0 Å². The van der Waals surface area contributed by atoms with E-state index in [2.05, 4.69) is 9.88 Å². The lowest BCUT2D eigenvalue weighted by Gasteiger charge is -2.34. The fraction of sp³-hybridized carbons (Fsp3) is 0.333. The first-order valence-electron chi connectivity index (χ1n) is 10.9. The summed E-state index contributed by atoms with van der Waals surface area (Å²) >= 11 is 0. The SMILES string of the molecule is Cn1c(=O)c(C(=O)CN2CCN(Cc3ccncc3)CC2)c(N)n(Cc2ccccc2)c1=O. The maximum atomic E-state index is 13.1. The van der Waals surface area contributed by atoms with Crippen LogP contribution in [-0.2, 0) is 20.1 Å². The van der Waals surface area contributed by atoms with E-state index in [1.165, 1.54) is 17.2 Å². The number of pyridine rings is 1. The number of anilines is 1. The molecule has 1 aliphatic heterocycles. The van der Waals surface area contributed by atoms with E-state index in [9.17, 15) is 14.4 Å². The standard InChI is InChI=1S/C24H28N6O3/c1-27-23(32)21(22(25)30(24(27)33)16-18-5-3-2-4-6-18)20(31)17-29-13-11-28(12-14-29)15-19-7-9-26-10-8-19/h2-10H,11-17,25H2,1H3. The molecule has 1 saturated heterocycles. The van der Waals surface area contributed by atoms with E-state index >= 15 is 0 Å². The summed E-state index contributed by atoms with van der Waals surface area (Å²) in [5.74, 6) is -0.439.